The van der Waals surface area contributed by atoms with E-state index in [9.17, 15) is 9.59 Å². The monoisotopic (exact) mass is 433 g/mol. The van der Waals surface area contributed by atoms with Gasteiger partial charge >= 0.3 is 0 Å². The lowest BCUT2D eigenvalue weighted by molar-refractivity contribution is -0.126. The number of amides is 2. The Hall–Kier alpha value is -3.55. The maximum Gasteiger partial charge on any atom is 0.232 e. The summed E-state index contributed by atoms with van der Waals surface area (Å²) in [7, 11) is 0. The van der Waals surface area contributed by atoms with Crippen molar-refractivity contribution in [2.75, 3.05) is 0 Å². The predicted octanol–water partition coefficient (Wildman–Crippen LogP) is 2.88. The van der Waals surface area contributed by atoms with Gasteiger partial charge in [-0.3, -0.25) is 14.6 Å². The van der Waals surface area contributed by atoms with Crippen LogP contribution in [0.15, 0.2) is 59.4 Å². The van der Waals surface area contributed by atoms with Crippen molar-refractivity contribution in [3.63, 3.8) is 0 Å². The average molecular weight is 434 g/mol. The first-order chi connectivity index (χ1) is 15.5. The maximum atomic E-state index is 12.7. The molecule has 1 aliphatic rings. The summed E-state index contributed by atoms with van der Waals surface area (Å²) in [4.78, 5) is 34.1. The number of nitrogens with zero attached hydrogens (tertiary/aromatic N) is 3. The molecule has 2 N–H and O–H groups in total. The molecule has 4 rings (SSSR count). The molecule has 0 aliphatic heterocycles. The van der Waals surface area contributed by atoms with Gasteiger partial charge in [0.25, 0.3) is 0 Å². The molecule has 32 heavy (non-hydrogen) atoms. The number of hydrogen-bond acceptors (Lipinski definition) is 6. The number of rotatable bonds is 7. The number of aromatic nitrogens is 3. The third kappa shape index (κ3) is 5.19. The van der Waals surface area contributed by atoms with Crippen molar-refractivity contribution in [3.8, 4) is 11.4 Å². The number of hydrogen-bond donors (Lipinski definition) is 2. The van der Waals surface area contributed by atoms with Crippen molar-refractivity contribution in [1.82, 2.24) is 25.8 Å². The van der Waals surface area contributed by atoms with Crippen LogP contribution in [0, 0.1) is 5.92 Å². The zero-order chi connectivity index (χ0) is 22.5. The SMILES string of the molecule is CC(C)NC(=O)[C@H]1C[C@H](NC(=O)Cc2cccnc2)[C@H](c2nc(-c3ccccc3)no2)C1. The minimum atomic E-state index is -0.272. The standard InChI is InChI=1S/C24H27N5O3/c1-15(2)26-23(31)18-12-19(24-28-22(29-32-24)17-8-4-3-5-9-17)20(13-18)27-21(30)11-16-7-6-10-25-14-16/h3-10,14-15,18-20H,11-13H2,1-2H3,(H,26,31)(H,27,30)/t18-,19-,20+/m1/s1. The van der Waals surface area contributed by atoms with E-state index in [1.165, 1.54) is 0 Å². The first kappa shape index (κ1) is 21.7. The molecular formula is C24H27N5O3. The van der Waals surface area contributed by atoms with Gasteiger partial charge in [0.1, 0.15) is 0 Å². The first-order valence-electron chi connectivity index (χ1n) is 10.9. The highest BCUT2D eigenvalue weighted by atomic mass is 16.5. The Morgan fingerprint density at radius 3 is 2.66 bits per heavy atom. The number of carbonyl (C=O) groups is 2. The van der Waals surface area contributed by atoms with Crippen molar-refractivity contribution in [2.24, 2.45) is 5.92 Å². The fourth-order valence-corrected chi connectivity index (χ4v) is 4.12. The molecule has 8 nitrogen and oxygen atoms in total. The second-order valence-electron chi connectivity index (χ2n) is 8.47. The lowest BCUT2D eigenvalue weighted by atomic mass is 10.0. The van der Waals surface area contributed by atoms with Crippen LogP contribution in [-0.2, 0) is 16.0 Å². The molecule has 2 aromatic heterocycles. The van der Waals surface area contributed by atoms with Crippen LogP contribution >= 0.6 is 0 Å². The third-order valence-corrected chi connectivity index (χ3v) is 5.59. The van der Waals surface area contributed by atoms with Gasteiger partial charge in [-0.25, -0.2) is 0 Å². The van der Waals surface area contributed by atoms with E-state index in [0.29, 0.717) is 24.6 Å². The van der Waals surface area contributed by atoms with Gasteiger partial charge in [-0.1, -0.05) is 41.6 Å². The quantitative estimate of drug-likeness (QED) is 0.593. The summed E-state index contributed by atoms with van der Waals surface area (Å²) in [6, 6.07) is 13.0. The maximum absolute atomic E-state index is 12.7. The number of nitrogens with one attached hydrogen (secondary N) is 2. The van der Waals surface area contributed by atoms with E-state index < -0.39 is 0 Å². The summed E-state index contributed by atoms with van der Waals surface area (Å²) in [5.74, 6) is 0.322. The Labute approximate surface area is 186 Å². The summed E-state index contributed by atoms with van der Waals surface area (Å²) < 4.78 is 5.59. The van der Waals surface area contributed by atoms with E-state index in [0.717, 1.165) is 11.1 Å². The van der Waals surface area contributed by atoms with Gasteiger partial charge < -0.3 is 15.2 Å². The fraction of sp³-hybridized carbons (Fsp3) is 0.375. The first-order valence-corrected chi connectivity index (χ1v) is 10.9. The minimum absolute atomic E-state index is 0.0168. The molecule has 0 spiro atoms. The van der Waals surface area contributed by atoms with E-state index in [1.54, 1.807) is 18.5 Å². The molecule has 1 saturated carbocycles. The van der Waals surface area contributed by atoms with Gasteiger partial charge in [-0.2, -0.15) is 4.98 Å². The number of pyridine rings is 1. The van der Waals surface area contributed by atoms with Gasteiger partial charge in [0.2, 0.25) is 23.5 Å². The van der Waals surface area contributed by atoms with Crippen molar-refractivity contribution in [3.05, 3.63) is 66.3 Å². The zero-order valence-electron chi connectivity index (χ0n) is 18.2. The second kappa shape index (κ2) is 9.72. The molecule has 2 heterocycles. The predicted molar refractivity (Wildman–Crippen MR) is 118 cm³/mol. The highest BCUT2D eigenvalue weighted by Gasteiger charge is 2.42. The van der Waals surface area contributed by atoms with Crippen LogP contribution in [0.4, 0.5) is 0 Å². The highest BCUT2D eigenvalue weighted by Crippen LogP contribution is 2.39. The van der Waals surface area contributed by atoms with Crippen LogP contribution in [0.25, 0.3) is 11.4 Å². The van der Waals surface area contributed by atoms with Gasteiger partial charge in [-0.15, -0.1) is 0 Å². The molecule has 0 unspecified atom stereocenters. The van der Waals surface area contributed by atoms with Crippen molar-refractivity contribution in [2.45, 2.75) is 51.1 Å². The van der Waals surface area contributed by atoms with E-state index in [2.05, 4.69) is 25.8 Å². The smallest absolute Gasteiger partial charge is 0.232 e. The molecule has 8 heteroatoms. The molecule has 2 amide bonds. The van der Waals surface area contributed by atoms with E-state index in [4.69, 9.17) is 4.52 Å². The minimum Gasteiger partial charge on any atom is -0.354 e. The topological polar surface area (TPSA) is 110 Å². The molecule has 0 radical (unpaired) electrons. The molecule has 3 aromatic rings. The Bertz CT molecular complexity index is 1050. The second-order valence-corrected chi connectivity index (χ2v) is 8.47. The highest BCUT2D eigenvalue weighted by molar-refractivity contribution is 5.81. The zero-order valence-corrected chi connectivity index (χ0v) is 18.2. The summed E-state index contributed by atoms with van der Waals surface area (Å²) >= 11 is 0. The molecule has 0 bridgehead atoms. The van der Waals surface area contributed by atoms with Crippen molar-refractivity contribution >= 4 is 11.8 Å². The van der Waals surface area contributed by atoms with Crippen LogP contribution in [0.1, 0.15) is 44.1 Å². The third-order valence-electron chi connectivity index (χ3n) is 5.59. The molecule has 1 fully saturated rings. The Kier molecular flexibility index (Phi) is 6.58. The molecule has 1 aliphatic carbocycles. The average Bonchev–Trinajstić information content (AvgIpc) is 3.42. The van der Waals surface area contributed by atoms with Crippen LogP contribution in [0.5, 0.6) is 0 Å². The van der Waals surface area contributed by atoms with Crippen LogP contribution in [-0.4, -0.2) is 39.0 Å². The normalized spacial score (nSPS) is 20.3. The largest absolute Gasteiger partial charge is 0.354 e. The molecular weight excluding hydrogens is 406 g/mol. The summed E-state index contributed by atoms with van der Waals surface area (Å²) in [5, 5.41) is 10.2. The van der Waals surface area contributed by atoms with Crippen molar-refractivity contribution in [1.29, 1.82) is 0 Å². The Morgan fingerprint density at radius 2 is 1.94 bits per heavy atom. The summed E-state index contributed by atoms with van der Waals surface area (Å²) in [6.45, 7) is 3.86. The van der Waals surface area contributed by atoms with Crippen LogP contribution in [0.2, 0.25) is 0 Å². The number of benzene rings is 1. The summed E-state index contributed by atoms with van der Waals surface area (Å²) in [6.07, 6.45) is 4.62. The molecule has 1 aromatic carbocycles. The van der Waals surface area contributed by atoms with E-state index in [-0.39, 0.29) is 42.2 Å². The number of carbonyl (C=O) groups excluding carboxylic acids is 2. The lowest BCUT2D eigenvalue weighted by Gasteiger charge is -2.18. The van der Waals surface area contributed by atoms with E-state index in [1.807, 2.05) is 50.2 Å². The lowest BCUT2D eigenvalue weighted by Crippen LogP contribution is -2.38. The van der Waals surface area contributed by atoms with E-state index >= 15 is 0 Å². The molecule has 0 saturated heterocycles. The Morgan fingerprint density at radius 1 is 1.12 bits per heavy atom. The van der Waals surface area contributed by atoms with Crippen molar-refractivity contribution < 1.29 is 14.1 Å². The molecule has 166 valence electrons. The van der Waals surface area contributed by atoms with Gasteiger partial charge in [-0.05, 0) is 38.3 Å². The molecule has 3 atom stereocenters. The van der Waals surface area contributed by atoms with Crippen LogP contribution < -0.4 is 10.6 Å². The Balaban J connectivity index is 1.52. The van der Waals surface area contributed by atoms with Crippen LogP contribution in [0.3, 0.4) is 0 Å². The van der Waals surface area contributed by atoms with Gasteiger partial charge in [0.15, 0.2) is 0 Å². The van der Waals surface area contributed by atoms with Gasteiger partial charge in [0, 0.05) is 36.0 Å². The van der Waals surface area contributed by atoms with Gasteiger partial charge in [0.05, 0.1) is 12.3 Å². The summed E-state index contributed by atoms with van der Waals surface area (Å²) in [5.41, 5.74) is 1.68. The fourth-order valence-electron chi connectivity index (χ4n) is 4.12.